The lowest BCUT2D eigenvalue weighted by Crippen LogP contribution is -2.57. The molecule has 140 valence electrons. The van der Waals surface area contributed by atoms with E-state index in [-0.39, 0.29) is 10.3 Å². The van der Waals surface area contributed by atoms with Crippen LogP contribution in [0.5, 0.6) is 0 Å². The quantitative estimate of drug-likeness (QED) is 0.808. The van der Waals surface area contributed by atoms with Crippen molar-refractivity contribution in [1.29, 1.82) is 5.26 Å². The van der Waals surface area contributed by atoms with Crippen molar-refractivity contribution >= 4 is 17.7 Å². The largest absolute Gasteiger partial charge is 0.339 e. The number of hydrogen-bond acceptors (Lipinski definition) is 4. The van der Waals surface area contributed by atoms with Crippen molar-refractivity contribution in [2.45, 2.75) is 61.6 Å². The maximum atomic E-state index is 13.4. The van der Waals surface area contributed by atoms with Gasteiger partial charge in [-0.05, 0) is 57.9 Å². The van der Waals surface area contributed by atoms with E-state index in [0.717, 1.165) is 56.8 Å². The van der Waals surface area contributed by atoms with Gasteiger partial charge in [-0.15, -0.1) is 11.8 Å². The topological polar surface area (TPSA) is 47.3 Å². The summed E-state index contributed by atoms with van der Waals surface area (Å²) in [5.41, 5.74) is 0.830. The van der Waals surface area contributed by atoms with Crippen molar-refractivity contribution in [3.63, 3.8) is 0 Å². The highest BCUT2D eigenvalue weighted by atomic mass is 32.2. The molecule has 5 heteroatoms. The van der Waals surface area contributed by atoms with Gasteiger partial charge in [0.1, 0.15) is 0 Å². The Morgan fingerprint density at radius 2 is 1.65 bits per heavy atom. The van der Waals surface area contributed by atoms with E-state index >= 15 is 0 Å². The van der Waals surface area contributed by atoms with Crippen LogP contribution in [0.3, 0.4) is 0 Å². The summed E-state index contributed by atoms with van der Waals surface area (Å²) in [6.07, 6.45) is 4.15. The van der Waals surface area contributed by atoms with Crippen LogP contribution < -0.4 is 0 Å². The summed E-state index contributed by atoms with van der Waals surface area (Å²) in [6, 6.07) is 9.81. The molecule has 1 saturated heterocycles. The number of carbonyl (C=O) groups excluding carboxylic acids is 1. The number of thioether (sulfide) groups is 1. The van der Waals surface area contributed by atoms with E-state index in [2.05, 4.69) is 36.6 Å². The van der Waals surface area contributed by atoms with Crippen molar-refractivity contribution in [3.05, 3.63) is 29.8 Å². The zero-order valence-corrected chi connectivity index (χ0v) is 16.9. The fourth-order valence-corrected chi connectivity index (χ4v) is 5.43. The Morgan fingerprint density at radius 3 is 2.15 bits per heavy atom. The second-order valence-electron chi connectivity index (χ2n) is 8.39. The summed E-state index contributed by atoms with van der Waals surface area (Å²) in [6.45, 7) is 10.3. The molecular formula is C21H29N3OS. The Balaban J connectivity index is 1.71. The number of piperazine rings is 1. The van der Waals surface area contributed by atoms with Crippen molar-refractivity contribution in [3.8, 4) is 6.07 Å². The first-order chi connectivity index (χ1) is 12.3. The molecule has 1 heterocycles. The fourth-order valence-electron chi connectivity index (χ4n) is 4.00. The predicted molar refractivity (Wildman–Crippen MR) is 106 cm³/mol. The van der Waals surface area contributed by atoms with Crippen LogP contribution in [0.25, 0.3) is 0 Å². The van der Waals surface area contributed by atoms with E-state index < -0.39 is 0 Å². The minimum absolute atomic E-state index is 0.164. The van der Waals surface area contributed by atoms with E-state index in [1.54, 1.807) is 11.8 Å². The molecular weight excluding hydrogens is 342 g/mol. The lowest BCUT2D eigenvalue weighted by molar-refractivity contribution is -0.136. The number of carbonyl (C=O) groups is 1. The van der Waals surface area contributed by atoms with Crippen LogP contribution >= 0.6 is 11.8 Å². The maximum absolute atomic E-state index is 13.4. The molecule has 2 fully saturated rings. The number of hydrogen-bond donors (Lipinski definition) is 0. The van der Waals surface area contributed by atoms with Crippen molar-refractivity contribution in [1.82, 2.24) is 9.80 Å². The molecule has 1 aliphatic heterocycles. The highest BCUT2D eigenvalue weighted by Gasteiger charge is 2.45. The molecule has 1 aliphatic carbocycles. The number of nitrogens with zero attached hydrogens (tertiary/aromatic N) is 3. The van der Waals surface area contributed by atoms with Crippen molar-refractivity contribution in [2.24, 2.45) is 0 Å². The SMILES string of the molecule is CC(C)(C)N1CCN(C(=O)C2(Sc3ccc(C#N)cc3)CCCC2)CC1. The second-order valence-corrected chi connectivity index (χ2v) is 9.85. The zero-order valence-electron chi connectivity index (χ0n) is 16.1. The van der Waals surface area contributed by atoms with E-state index in [1.165, 1.54) is 0 Å². The first-order valence-electron chi connectivity index (χ1n) is 9.58. The Morgan fingerprint density at radius 1 is 1.08 bits per heavy atom. The van der Waals surface area contributed by atoms with Crippen molar-refractivity contribution < 1.29 is 4.79 Å². The van der Waals surface area contributed by atoms with E-state index in [4.69, 9.17) is 5.26 Å². The van der Waals surface area contributed by atoms with Gasteiger partial charge in [0, 0.05) is 36.6 Å². The molecule has 1 saturated carbocycles. The van der Waals surface area contributed by atoms with Gasteiger partial charge >= 0.3 is 0 Å². The minimum atomic E-state index is -0.321. The smallest absolute Gasteiger partial charge is 0.239 e. The third-order valence-corrected chi connectivity index (χ3v) is 7.09. The lowest BCUT2D eigenvalue weighted by Gasteiger charge is -2.44. The average Bonchev–Trinajstić information content (AvgIpc) is 3.11. The fraction of sp³-hybridized carbons (Fsp3) is 0.619. The summed E-state index contributed by atoms with van der Waals surface area (Å²) in [5, 5.41) is 8.98. The van der Waals surface area contributed by atoms with Gasteiger partial charge in [-0.25, -0.2) is 0 Å². The van der Waals surface area contributed by atoms with Gasteiger partial charge in [-0.2, -0.15) is 5.26 Å². The Hall–Kier alpha value is -1.51. The molecule has 1 amide bonds. The maximum Gasteiger partial charge on any atom is 0.239 e. The van der Waals surface area contributed by atoms with Gasteiger partial charge in [0.25, 0.3) is 0 Å². The molecule has 0 atom stereocenters. The summed E-state index contributed by atoms with van der Waals surface area (Å²) in [4.78, 5) is 19.1. The zero-order chi connectivity index (χ0) is 18.8. The number of amides is 1. The Labute approximate surface area is 161 Å². The van der Waals surface area contributed by atoms with E-state index in [9.17, 15) is 4.79 Å². The van der Waals surface area contributed by atoms with Crippen LogP contribution in [0, 0.1) is 11.3 Å². The molecule has 0 N–H and O–H groups in total. The van der Waals surface area contributed by atoms with Gasteiger partial charge in [0.2, 0.25) is 5.91 Å². The second kappa shape index (κ2) is 7.62. The molecule has 26 heavy (non-hydrogen) atoms. The number of nitriles is 1. The monoisotopic (exact) mass is 371 g/mol. The lowest BCUT2D eigenvalue weighted by atomic mass is 10.0. The van der Waals surface area contributed by atoms with Crippen LogP contribution in [-0.2, 0) is 4.79 Å². The normalized spacial score (nSPS) is 20.8. The highest BCUT2D eigenvalue weighted by molar-refractivity contribution is 8.01. The molecule has 2 aliphatic rings. The molecule has 0 bridgehead atoms. The summed E-state index contributed by atoms with van der Waals surface area (Å²) in [7, 11) is 0. The number of benzene rings is 1. The van der Waals surface area contributed by atoms with Crippen LogP contribution in [0.1, 0.15) is 52.0 Å². The van der Waals surface area contributed by atoms with Gasteiger partial charge in [-0.1, -0.05) is 12.8 Å². The molecule has 1 aromatic rings. The summed E-state index contributed by atoms with van der Waals surface area (Å²) in [5.74, 6) is 0.318. The van der Waals surface area contributed by atoms with E-state index in [1.807, 2.05) is 24.3 Å². The van der Waals surface area contributed by atoms with Crippen LogP contribution in [0.2, 0.25) is 0 Å². The first-order valence-corrected chi connectivity index (χ1v) is 10.4. The number of rotatable bonds is 3. The van der Waals surface area contributed by atoms with Gasteiger partial charge in [0.05, 0.1) is 16.4 Å². The third-order valence-electron chi connectivity index (χ3n) is 5.61. The first kappa shape index (κ1) is 19.3. The molecule has 1 aromatic carbocycles. The predicted octanol–water partition coefficient (Wildman–Crippen LogP) is 3.91. The summed E-state index contributed by atoms with van der Waals surface area (Å²) < 4.78 is -0.321. The van der Waals surface area contributed by atoms with Gasteiger partial charge in [0.15, 0.2) is 0 Å². The Kier molecular flexibility index (Phi) is 5.64. The standard InChI is InChI=1S/C21H29N3OS/c1-20(2,3)24-14-12-23(13-15-24)19(25)21(10-4-5-11-21)26-18-8-6-17(16-22)7-9-18/h6-9H,4-5,10-15H2,1-3H3. The van der Waals surface area contributed by atoms with E-state index in [0.29, 0.717) is 11.5 Å². The molecule has 0 aromatic heterocycles. The molecule has 3 rings (SSSR count). The van der Waals surface area contributed by atoms with Gasteiger partial charge in [-0.3, -0.25) is 9.69 Å². The average molecular weight is 372 g/mol. The minimum Gasteiger partial charge on any atom is -0.339 e. The third kappa shape index (κ3) is 4.07. The van der Waals surface area contributed by atoms with Crippen molar-refractivity contribution in [2.75, 3.05) is 26.2 Å². The van der Waals surface area contributed by atoms with Crippen LogP contribution in [0.4, 0.5) is 0 Å². The van der Waals surface area contributed by atoms with Gasteiger partial charge < -0.3 is 4.90 Å². The van der Waals surface area contributed by atoms with Crippen LogP contribution in [-0.4, -0.2) is 52.2 Å². The molecule has 4 nitrogen and oxygen atoms in total. The highest BCUT2D eigenvalue weighted by Crippen LogP contribution is 2.46. The van der Waals surface area contributed by atoms with Crippen LogP contribution in [0.15, 0.2) is 29.2 Å². The summed E-state index contributed by atoms with van der Waals surface area (Å²) >= 11 is 1.71. The molecule has 0 spiro atoms. The Bertz CT molecular complexity index is 673. The molecule has 0 radical (unpaired) electrons. The molecule has 0 unspecified atom stereocenters.